The molecule has 1 aliphatic rings. The Bertz CT molecular complexity index is 442. The van der Waals surface area contributed by atoms with Crippen LogP contribution in [0.2, 0.25) is 0 Å². The summed E-state index contributed by atoms with van der Waals surface area (Å²) in [5.74, 6) is -0.296. The fourth-order valence-electron chi connectivity index (χ4n) is 2.11. The second-order valence-corrected chi connectivity index (χ2v) is 4.82. The molecule has 0 atom stereocenters. The van der Waals surface area contributed by atoms with Gasteiger partial charge in [0.2, 0.25) is 0 Å². The smallest absolute Gasteiger partial charge is 0.317 e. The van der Waals surface area contributed by atoms with Crippen LogP contribution in [0.4, 0.5) is 4.79 Å². The highest BCUT2D eigenvalue weighted by Gasteiger charge is 2.17. The number of hydrogen-bond donors (Lipinski definition) is 1. The van der Waals surface area contributed by atoms with Crippen LogP contribution in [-0.2, 0) is 16.1 Å². The van der Waals surface area contributed by atoms with E-state index in [4.69, 9.17) is 4.74 Å². The fourth-order valence-corrected chi connectivity index (χ4v) is 2.11. The summed E-state index contributed by atoms with van der Waals surface area (Å²) in [6.45, 7) is 2.22. The molecule has 0 radical (unpaired) electrons. The molecule has 1 N–H and O–H groups in total. The van der Waals surface area contributed by atoms with Crippen molar-refractivity contribution in [3.05, 3.63) is 35.9 Å². The van der Waals surface area contributed by atoms with Crippen LogP contribution in [0.15, 0.2) is 30.3 Å². The molecule has 2 amide bonds. The van der Waals surface area contributed by atoms with E-state index in [0.29, 0.717) is 6.54 Å². The summed E-state index contributed by atoms with van der Waals surface area (Å²) >= 11 is 0. The van der Waals surface area contributed by atoms with Crippen molar-refractivity contribution in [2.75, 3.05) is 19.6 Å². The third-order valence-electron chi connectivity index (χ3n) is 3.24. The van der Waals surface area contributed by atoms with Gasteiger partial charge >= 0.3 is 12.0 Å². The summed E-state index contributed by atoms with van der Waals surface area (Å²) in [4.78, 5) is 25.0. The summed E-state index contributed by atoms with van der Waals surface area (Å²) < 4.78 is 5.13. The van der Waals surface area contributed by atoms with Crippen molar-refractivity contribution in [1.29, 1.82) is 0 Å². The van der Waals surface area contributed by atoms with Crippen molar-refractivity contribution in [3.63, 3.8) is 0 Å². The highest BCUT2D eigenvalue weighted by molar-refractivity contribution is 5.75. The van der Waals surface area contributed by atoms with Gasteiger partial charge in [-0.3, -0.25) is 4.79 Å². The third kappa shape index (κ3) is 4.57. The van der Waals surface area contributed by atoms with Crippen LogP contribution < -0.4 is 5.32 Å². The molecule has 1 fully saturated rings. The SMILES string of the molecule is O=C(CCNC(=O)N1CCCC1)OCc1ccccc1. The van der Waals surface area contributed by atoms with Gasteiger partial charge in [-0.25, -0.2) is 4.79 Å². The monoisotopic (exact) mass is 276 g/mol. The summed E-state index contributed by atoms with van der Waals surface area (Å²) in [5, 5.41) is 2.74. The summed E-state index contributed by atoms with van der Waals surface area (Å²) in [7, 11) is 0. The molecule has 20 heavy (non-hydrogen) atoms. The van der Waals surface area contributed by atoms with E-state index in [9.17, 15) is 9.59 Å². The molecule has 2 rings (SSSR count). The lowest BCUT2D eigenvalue weighted by molar-refractivity contribution is -0.144. The van der Waals surface area contributed by atoms with Gasteiger partial charge in [-0.2, -0.15) is 0 Å². The zero-order chi connectivity index (χ0) is 14.2. The minimum absolute atomic E-state index is 0.0849. The summed E-state index contributed by atoms with van der Waals surface area (Å²) in [5.41, 5.74) is 0.960. The number of rotatable bonds is 5. The van der Waals surface area contributed by atoms with Gasteiger partial charge in [-0.15, -0.1) is 0 Å². The Morgan fingerprint density at radius 2 is 1.85 bits per heavy atom. The molecule has 1 aromatic carbocycles. The Balaban J connectivity index is 1.59. The van der Waals surface area contributed by atoms with Crippen molar-refractivity contribution in [2.24, 2.45) is 0 Å². The largest absolute Gasteiger partial charge is 0.461 e. The molecule has 0 bridgehead atoms. The summed E-state index contributed by atoms with van der Waals surface area (Å²) in [6, 6.07) is 9.45. The van der Waals surface area contributed by atoms with Crippen LogP contribution in [0, 0.1) is 0 Å². The van der Waals surface area contributed by atoms with Crippen LogP contribution in [0.1, 0.15) is 24.8 Å². The number of urea groups is 1. The normalized spacial score (nSPS) is 14.1. The van der Waals surface area contributed by atoms with Gasteiger partial charge in [0.05, 0.1) is 6.42 Å². The van der Waals surface area contributed by atoms with Crippen molar-refractivity contribution in [2.45, 2.75) is 25.9 Å². The number of carbonyl (C=O) groups excluding carboxylic acids is 2. The van der Waals surface area contributed by atoms with Crippen molar-refractivity contribution in [3.8, 4) is 0 Å². The molecule has 0 aliphatic carbocycles. The van der Waals surface area contributed by atoms with Crippen molar-refractivity contribution in [1.82, 2.24) is 10.2 Å². The zero-order valence-electron chi connectivity index (χ0n) is 11.5. The zero-order valence-corrected chi connectivity index (χ0v) is 11.5. The minimum Gasteiger partial charge on any atom is -0.461 e. The maximum absolute atomic E-state index is 11.7. The van der Waals surface area contributed by atoms with Crippen LogP contribution in [0.3, 0.4) is 0 Å². The molecule has 0 saturated carbocycles. The molecule has 108 valence electrons. The fraction of sp³-hybridized carbons (Fsp3) is 0.467. The van der Waals surface area contributed by atoms with E-state index in [-0.39, 0.29) is 25.0 Å². The van der Waals surface area contributed by atoms with E-state index >= 15 is 0 Å². The molecule has 1 aliphatic heterocycles. The Labute approximate surface area is 118 Å². The lowest BCUT2D eigenvalue weighted by Crippen LogP contribution is -2.38. The van der Waals surface area contributed by atoms with Gasteiger partial charge < -0.3 is 15.0 Å². The molecule has 1 heterocycles. The van der Waals surface area contributed by atoms with Gasteiger partial charge in [-0.1, -0.05) is 30.3 Å². The first-order chi connectivity index (χ1) is 9.75. The molecule has 1 aromatic rings. The standard InChI is InChI=1S/C15H20N2O3/c18-14(20-12-13-6-2-1-3-7-13)8-9-16-15(19)17-10-4-5-11-17/h1-3,6-7H,4-5,8-12H2,(H,16,19). The van der Waals surface area contributed by atoms with Crippen LogP contribution in [0.25, 0.3) is 0 Å². The lowest BCUT2D eigenvalue weighted by atomic mass is 10.2. The Hall–Kier alpha value is -2.04. The van der Waals surface area contributed by atoms with E-state index in [2.05, 4.69) is 5.32 Å². The van der Waals surface area contributed by atoms with E-state index in [0.717, 1.165) is 31.5 Å². The number of benzene rings is 1. The number of esters is 1. The van der Waals surface area contributed by atoms with Crippen LogP contribution in [-0.4, -0.2) is 36.5 Å². The molecule has 5 nitrogen and oxygen atoms in total. The molecular formula is C15H20N2O3. The van der Waals surface area contributed by atoms with E-state index < -0.39 is 0 Å². The Kier molecular flexibility index (Phi) is 5.41. The van der Waals surface area contributed by atoms with E-state index in [1.165, 1.54) is 0 Å². The van der Waals surface area contributed by atoms with Crippen LogP contribution in [0.5, 0.6) is 0 Å². The van der Waals surface area contributed by atoms with Gasteiger partial charge in [0.25, 0.3) is 0 Å². The van der Waals surface area contributed by atoms with Crippen LogP contribution >= 0.6 is 0 Å². The van der Waals surface area contributed by atoms with Gasteiger partial charge in [0, 0.05) is 19.6 Å². The number of nitrogens with one attached hydrogen (secondary N) is 1. The number of amides is 2. The minimum atomic E-state index is -0.296. The predicted molar refractivity (Wildman–Crippen MR) is 75.1 cm³/mol. The number of carbonyl (C=O) groups is 2. The third-order valence-corrected chi connectivity index (χ3v) is 3.24. The topological polar surface area (TPSA) is 58.6 Å². The molecule has 0 spiro atoms. The maximum atomic E-state index is 11.7. The maximum Gasteiger partial charge on any atom is 0.317 e. The highest BCUT2D eigenvalue weighted by atomic mass is 16.5. The molecular weight excluding hydrogens is 256 g/mol. The first-order valence-electron chi connectivity index (χ1n) is 6.98. The second kappa shape index (κ2) is 7.53. The van der Waals surface area contributed by atoms with Gasteiger partial charge in [-0.05, 0) is 18.4 Å². The number of likely N-dealkylation sites (tertiary alicyclic amines) is 1. The quantitative estimate of drug-likeness (QED) is 0.836. The Morgan fingerprint density at radius 3 is 2.55 bits per heavy atom. The predicted octanol–water partition coefficient (Wildman–Crippen LogP) is 1.93. The number of ether oxygens (including phenoxy) is 1. The molecule has 5 heteroatoms. The second-order valence-electron chi connectivity index (χ2n) is 4.82. The average Bonchev–Trinajstić information content (AvgIpc) is 3.00. The van der Waals surface area contributed by atoms with Gasteiger partial charge in [0.1, 0.15) is 6.61 Å². The van der Waals surface area contributed by atoms with E-state index in [1.54, 1.807) is 4.90 Å². The summed E-state index contributed by atoms with van der Waals surface area (Å²) in [6.07, 6.45) is 2.32. The lowest BCUT2D eigenvalue weighted by Gasteiger charge is -2.15. The van der Waals surface area contributed by atoms with Gasteiger partial charge in [0.15, 0.2) is 0 Å². The number of nitrogens with zero attached hydrogens (tertiary/aromatic N) is 1. The number of hydrogen-bond acceptors (Lipinski definition) is 3. The molecule has 0 unspecified atom stereocenters. The molecule has 1 saturated heterocycles. The van der Waals surface area contributed by atoms with E-state index in [1.807, 2.05) is 30.3 Å². The van der Waals surface area contributed by atoms with Crippen molar-refractivity contribution >= 4 is 12.0 Å². The van der Waals surface area contributed by atoms with Crippen molar-refractivity contribution < 1.29 is 14.3 Å². The Morgan fingerprint density at radius 1 is 1.15 bits per heavy atom. The highest BCUT2D eigenvalue weighted by Crippen LogP contribution is 2.07. The molecule has 0 aromatic heterocycles. The first-order valence-corrected chi connectivity index (χ1v) is 6.98. The first kappa shape index (κ1) is 14.4. The average molecular weight is 276 g/mol.